The zero-order valence-corrected chi connectivity index (χ0v) is 13.2. The number of nitrogens with one attached hydrogen (secondary N) is 1. The van der Waals surface area contributed by atoms with Gasteiger partial charge in [0, 0.05) is 28.1 Å². The van der Waals surface area contributed by atoms with E-state index in [1.54, 1.807) is 11.3 Å². The van der Waals surface area contributed by atoms with E-state index < -0.39 is 0 Å². The van der Waals surface area contributed by atoms with Crippen molar-refractivity contribution in [1.29, 1.82) is 0 Å². The maximum atomic E-state index is 9.83. The van der Waals surface area contributed by atoms with Crippen LogP contribution in [0.4, 0.5) is 5.69 Å². The van der Waals surface area contributed by atoms with Crippen molar-refractivity contribution in [2.24, 2.45) is 5.41 Å². The lowest BCUT2D eigenvalue weighted by Crippen LogP contribution is -2.35. The van der Waals surface area contributed by atoms with Crippen LogP contribution in [0.3, 0.4) is 0 Å². The molecule has 1 aliphatic carbocycles. The summed E-state index contributed by atoms with van der Waals surface area (Å²) in [5, 5.41) is 15.6. The molecule has 0 saturated heterocycles. The summed E-state index contributed by atoms with van der Waals surface area (Å²) < 4.78 is 0. The Hall–Kier alpha value is -1.32. The number of aliphatic hydroxyl groups is 1. The van der Waals surface area contributed by atoms with E-state index in [2.05, 4.69) is 47.1 Å². The fraction of sp³-hybridized carbons (Fsp3) is 0.444. The molecule has 1 heterocycles. The molecule has 112 valence electrons. The van der Waals surface area contributed by atoms with Gasteiger partial charge in [-0.2, -0.15) is 0 Å². The first kappa shape index (κ1) is 14.6. The molecule has 1 fully saturated rings. The van der Waals surface area contributed by atoms with Gasteiger partial charge in [-0.1, -0.05) is 43.5 Å². The Morgan fingerprint density at radius 2 is 1.86 bits per heavy atom. The van der Waals surface area contributed by atoms with Gasteiger partial charge in [0.2, 0.25) is 0 Å². The minimum atomic E-state index is 0.0702. The van der Waals surface area contributed by atoms with Gasteiger partial charge >= 0.3 is 0 Å². The summed E-state index contributed by atoms with van der Waals surface area (Å²) in [6.45, 7) is 1.16. The van der Waals surface area contributed by atoms with Crippen LogP contribution >= 0.6 is 11.3 Å². The highest BCUT2D eigenvalue weighted by atomic mass is 32.1. The predicted octanol–water partition coefficient (Wildman–Crippen LogP) is 4.77. The van der Waals surface area contributed by atoms with Crippen LogP contribution in [-0.4, -0.2) is 18.3 Å². The second-order valence-corrected chi connectivity index (χ2v) is 7.04. The Labute approximate surface area is 130 Å². The average molecular weight is 301 g/mol. The summed E-state index contributed by atoms with van der Waals surface area (Å²) in [7, 11) is 0. The molecule has 0 radical (unpaired) electrons. The Morgan fingerprint density at radius 3 is 2.57 bits per heavy atom. The fourth-order valence-electron chi connectivity index (χ4n) is 3.26. The molecule has 0 amide bonds. The van der Waals surface area contributed by atoms with Gasteiger partial charge < -0.3 is 10.4 Å². The number of para-hydroxylation sites is 1. The van der Waals surface area contributed by atoms with Gasteiger partial charge in [0.1, 0.15) is 0 Å². The monoisotopic (exact) mass is 301 g/mol. The van der Waals surface area contributed by atoms with E-state index >= 15 is 0 Å². The van der Waals surface area contributed by atoms with Crippen molar-refractivity contribution in [2.75, 3.05) is 18.5 Å². The van der Waals surface area contributed by atoms with E-state index in [0.717, 1.165) is 19.4 Å². The SMILES string of the molecule is OCC1(CNc2ccccc2-c2cccs2)CCCCC1. The van der Waals surface area contributed by atoms with Crippen molar-refractivity contribution >= 4 is 17.0 Å². The third-order valence-corrected chi connectivity index (χ3v) is 5.52. The molecule has 1 aliphatic rings. The summed E-state index contributed by atoms with van der Waals surface area (Å²) in [5.74, 6) is 0. The third kappa shape index (κ3) is 3.30. The van der Waals surface area contributed by atoms with Gasteiger partial charge in [-0.25, -0.2) is 0 Å². The molecule has 1 aromatic carbocycles. The Balaban J connectivity index is 1.76. The first-order chi connectivity index (χ1) is 10.3. The average Bonchev–Trinajstić information content (AvgIpc) is 3.08. The summed E-state index contributed by atoms with van der Waals surface area (Å²) in [6.07, 6.45) is 6.08. The fourth-order valence-corrected chi connectivity index (χ4v) is 4.03. The van der Waals surface area contributed by atoms with E-state index in [9.17, 15) is 5.11 Å². The number of thiophene rings is 1. The van der Waals surface area contributed by atoms with Crippen molar-refractivity contribution in [1.82, 2.24) is 0 Å². The van der Waals surface area contributed by atoms with Crippen LogP contribution in [0.1, 0.15) is 32.1 Å². The zero-order chi connectivity index (χ0) is 14.5. The number of hydrogen-bond donors (Lipinski definition) is 2. The summed E-state index contributed by atoms with van der Waals surface area (Å²) in [6, 6.07) is 12.7. The molecule has 3 rings (SSSR count). The van der Waals surface area contributed by atoms with Crippen LogP contribution < -0.4 is 5.32 Å². The lowest BCUT2D eigenvalue weighted by Gasteiger charge is -2.36. The van der Waals surface area contributed by atoms with Crippen LogP contribution in [0.2, 0.25) is 0 Å². The van der Waals surface area contributed by atoms with Gasteiger partial charge in [-0.05, 0) is 30.4 Å². The maximum absolute atomic E-state index is 9.83. The van der Waals surface area contributed by atoms with E-state index in [1.807, 2.05) is 0 Å². The molecular formula is C18H23NOS. The Bertz CT molecular complexity index is 558. The number of rotatable bonds is 5. The lowest BCUT2D eigenvalue weighted by atomic mass is 9.74. The van der Waals surface area contributed by atoms with Gasteiger partial charge in [0.15, 0.2) is 0 Å². The van der Waals surface area contributed by atoms with Crippen molar-refractivity contribution in [3.8, 4) is 10.4 Å². The summed E-state index contributed by atoms with van der Waals surface area (Å²) >= 11 is 1.77. The van der Waals surface area contributed by atoms with E-state index in [-0.39, 0.29) is 5.41 Å². The van der Waals surface area contributed by atoms with Gasteiger partial charge in [-0.3, -0.25) is 0 Å². The summed E-state index contributed by atoms with van der Waals surface area (Å²) in [4.78, 5) is 1.29. The van der Waals surface area contributed by atoms with Crippen LogP contribution in [0.25, 0.3) is 10.4 Å². The molecule has 2 N–H and O–H groups in total. The first-order valence-electron chi connectivity index (χ1n) is 7.81. The molecule has 1 aromatic heterocycles. The van der Waals surface area contributed by atoms with Crippen LogP contribution in [0.15, 0.2) is 41.8 Å². The molecule has 3 heteroatoms. The quantitative estimate of drug-likeness (QED) is 0.833. The van der Waals surface area contributed by atoms with E-state index in [1.165, 1.54) is 35.4 Å². The van der Waals surface area contributed by atoms with Crippen molar-refractivity contribution < 1.29 is 5.11 Å². The number of anilines is 1. The van der Waals surface area contributed by atoms with Gasteiger partial charge in [-0.15, -0.1) is 11.3 Å². The molecule has 0 bridgehead atoms. The van der Waals surface area contributed by atoms with E-state index in [0.29, 0.717) is 6.61 Å². The molecule has 2 nitrogen and oxygen atoms in total. The second-order valence-electron chi connectivity index (χ2n) is 6.10. The Morgan fingerprint density at radius 1 is 1.05 bits per heavy atom. The molecular weight excluding hydrogens is 278 g/mol. The largest absolute Gasteiger partial charge is 0.396 e. The van der Waals surface area contributed by atoms with Crippen LogP contribution in [0.5, 0.6) is 0 Å². The topological polar surface area (TPSA) is 32.3 Å². The number of hydrogen-bond acceptors (Lipinski definition) is 3. The zero-order valence-electron chi connectivity index (χ0n) is 12.3. The lowest BCUT2D eigenvalue weighted by molar-refractivity contribution is 0.0944. The highest BCUT2D eigenvalue weighted by Gasteiger charge is 2.31. The second kappa shape index (κ2) is 6.63. The molecule has 21 heavy (non-hydrogen) atoms. The van der Waals surface area contributed by atoms with Crippen molar-refractivity contribution in [3.63, 3.8) is 0 Å². The molecule has 0 atom stereocenters. The highest BCUT2D eigenvalue weighted by Crippen LogP contribution is 2.37. The minimum Gasteiger partial charge on any atom is -0.396 e. The van der Waals surface area contributed by atoms with E-state index in [4.69, 9.17) is 0 Å². The predicted molar refractivity (Wildman–Crippen MR) is 90.8 cm³/mol. The minimum absolute atomic E-state index is 0.0702. The summed E-state index contributed by atoms with van der Waals surface area (Å²) in [5.41, 5.74) is 2.51. The normalized spacial score (nSPS) is 17.6. The van der Waals surface area contributed by atoms with Crippen LogP contribution in [0, 0.1) is 5.41 Å². The molecule has 2 aromatic rings. The standard InChI is InChI=1S/C18H23NOS/c20-14-18(10-4-1-5-11-18)13-19-16-8-3-2-7-15(16)17-9-6-12-21-17/h2-3,6-9,12,19-20H,1,4-5,10-11,13-14H2. The maximum Gasteiger partial charge on any atom is 0.0504 e. The molecule has 1 saturated carbocycles. The van der Waals surface area contributed by atoms with Gasteiger partial charge in [0.05, 0.1) is 6.61 Å². The first-order valence-corrected chi connectivity index (χ1v) is 8.69. The third-order valence-electron chi connectivity index (χ3n) is 4.62. The van der Waals surface area contributed by atoms with Crippen molar-refractivity contribution in [3.05, 3.63) is 41.8 Å². The Kier molecular flexibility index (Phi) is 4.61. The molecule has 0 unspecified atom stereocenters. The van der Waals surface area contributed by atoms with Crippen molar-refractivity contribution in [2.45, 2.75) is 32.1 Å². The number of aliphatic hydroxyl groups excluding tert-OH is 1. The van der Waals surface area contributed by atoms with Crippen LogP contribution in [-0.2, 0) is 0 Å². The smallest absolute Gasteiger partial charge is 0.0504 e. The molecule has 0 spiro atoms. The molecule has 0 aliphatic heterocycles. The van der Waals surface area contributed by atoms with Gasteiger partial charge in [0.25, 0.3) is 0 Å². The highest BCUT2D eigenvalue weighted by molar-refractivity contribution is 7.13. The number of benzene rings is 1.